The van der Waals surface area contributed by atoms with Crippen LogP contribution in [0.2, 0.25) is 0 Å². The standard InChI is InChI=1S/C21H29NO3/c1-3-22(4-2)16-11-17-25-20(23)21(24,18-12-7-5-8-13-18)19-14-9-6-10-15-19/h5,7-8,12-13,19,24H,3-4,6,9-10,14-16H2,1-2H3. The van der Waals surface area contributed by atoms with E-state index in [0.29, 0.717) is 12.1 Å². The summed E-state index contributed by atoms with van der Waals surface area (Å²) in [6.45, 7) is 6.47. The quantitative estimate of drug-likeness (QED) is 0.636. The predicted octanol–water partition coefficient (Wildman–Crippen LogP) is 3.30. The van der Waals surface area contributed by atoms with Gasteiger partial charge in [0.25, 0.3) is 0 Å². The summed E-state index contributed by atoms with van der Waals surface area (Å²) in [5.41, 5.74) is -1.02. The van der Waals surface area contributed by atoms with Gasteiger partial charge in [0.05, 0.1) is 6.54 Å². The topological polar surface area (TPSA) is 49.8 Å². The molecule has 0 saturated heterocycles. The van der Waals surface area contributed by atoms with E-state index in [4.69, 9.17) is 4.74 Å². The van der Waals surface area contributed by atoms with E-state index in [2.05, 4.69) is 30.8 Å². The van der Waals surface area contributed by atoms with Crippen molar-refractivity contribution in [2.24, 2.45) is 5.92 Å². The van der Waals surface area contributed by atoms with Crippen LogP contribution in [0.1, 0.15) is 51.5 Å². The van der Waals surface area contributed by atoms with Crippen LogP contribution in [0.25, 0.3) is 0 Å². The summed E-state index contributed by atoms with van der Waals surface area (Å²) in [4.78, 5) is 14.9. The molecule has 1 fully saturated rings. The Bertz CT molecular complexity index is 595. The van der Waals surface area contributed by atoms with Crippen LogP contribution in [-0.4, -0.2) is 35.6 Å². The zero-order chi connectivity index (χ0) is 18.1. The van der Waals surface area contributed by atoms with Gasteiger partial charge in [0.2, 0.25) is 0 Å². The molecule has 2 rings (SSSR count). The number of ether oxygens (including phenoxy) is 1. The zero-order valence-corrected chi connectivity index (χ0v) is 15.3. The van der Waals surface area contributed by atoms with Crippen LogP contribution in [0, 0.1) is 17.9 Å². The van der Waals surface area contributed by atoms with E-state index in [1.807, 2.05) is 18.2 Å². The molecular weight excluding hydrogens is 314 g/mol. The molecule has 1 aliphatic rings. The first-order valence-corrected chi connectivity index (χ1v) is 9.32. The zero-order valence-electron chi connectivity index (χ0n) is 15.3. The lowest BCUT2D eigenvalue weighted by atomic mass is 9.73. The number of hydrogen-bond acceptors (Lipinski definition) is 4. The average molecular weight is 343 g/mol. The Balaban J connectivity index is 2.15. The van der Waals surface area contributed by atoms with Crippen LogP contribution in [0.3, 0.4) is 0 Å². The van der Waals surface area contributed by atoms with Gasteiger partial charge in [-0.1, -0.05) is 63.4 Å². The van der Waals surface area contributed by atoms with Gasteiger partial charge in [-0.15, -0.1) is 0 Å². The van der Waals surface area contributed by atoms with E-state index < -0.39 is 11.6 Å². The summed E-state index contributed by atoms with van der Waals surface area (Å²) in [5, 5.41) is 11.3. The fraction of sp³-hybridized carbons (Fsp3) is 0.571. The molecule has 1 N–H and O–H groups in total. The van der Waals surface area contributed by atoms with Crippen molar-refractivity contribution in [1.82, 2.24) is 4.90 Å². The molecule has 1 saturated carbocycles. The van der Waals surface area contributed by atoms with Gasteiger partial charge in [0.15, 0.2) is 5.60 Å². The molecule has 25 heavy (non-hydrogen) atoms. The van der Waals surface area contributed by atoms with Crippen molar-refractivity contribution in [2.75, 3.05) is 19.6 Å². The third-order valence-corrected chi connectivity index (χ3v) is 5.13. The van der Waals surface area contributed by atoms with Crippen molar-refractivity contribution >= 4 is 5.97 Å². The molecule has 0 radical (unpaired) electrons. The maximum absolute atomic E-state index is 12.8. The Hall–Kier alpha value is -1.83. The largest absolute Gasteiger partial charge is 0.374 e. The van der Waals surface area contributed by atoms with Crippen LogP contribution >= 0.6 is 0 Å². The summed E-state index contributed by atoms with van der Waals surface area (Å²) in [7, 11) is 0. The van der Waals surface area contributed by atoms with E-state index in [1.165, 1.54) is 0 Å². The monoisotopic (exact) mass is 343 g/mol. The number of benzene rings is 1. The Morgan fingerprint density at radius 3 is 2.44 bits per heavy atom. The molecule has 0 aliphatic heterocycles. The molecule has 1 atom stereocenters. The maximum Gasteiger partial charge on any atom is 0.357 e. The first-order valence-electron chi connectivity index (χ1n) is 9.32. The fourth-order valence-electron chi connectivity index (χ4n) is 3.48. The van der Waals surface area contributed by atoms with Gasteiger partial charge >= 0.3 is 5.97 Å². The lowest BCUT2D eigenvalue weighted by Gasteiger charge is -2.36. The van der Waals surface area contributed by atoms with Crippen molar-refractivity contribution in [3.63, 3.8) is 0 Å². The van der Waals surface area contributed by atoms with E-state index in [9.17, 15) is 9.90 Å². The SMILES string of the molecule is CCN(CC)CC#COC(=O)C(O)(c1ccccc1)C1CCCCC1. The molecule has 0 heterocycles. The highest BCUT2D eigenvalue weighted by atomic mass is 16.5. The molecule has 136 valence electrons. The molecule has 0 spiro atoms. The summed E-state index contributed by atoms with van der Waals surface area (Å²) in [6.07, 6.45) is 7.36. The van der Waals surface area contributed by atoms with Crippen molar-refractivity contribution in [3.8, 4) is 12.0 Å². The van der Waals surface area contributed by atoms with Gasteiger partial charge in [-0.25, -0.2) is 4.79 Å². The third kappa shape index (κ3) is 4.84. The van der Waals surface area contributed by atoms with E-state index >= 15 is 0 Å². The smallest absolute Gasteiger partial charge is 0.357 e. The Kier molecular flexibility index (Phi) is 7.49. The van der Waals surface area contributed by atoms with E-state index in [0.717, 1.165) is 45.2 Å². The number of esters is 1. The van der Waals surface area contributed by atoms with Crippen molar-refractivity contribution in [3.05, 3.63) is 35.9 Å². The highest BCUT2D eigenvalue weighted by molar-refractivity contribution is 5.82. The van der Waals surface area contributed by atoms with Crippen molar-refractivity contribution in [2.45, 2.75) is 51.6 Å². The average Bonchev–Trinajstić information content (AvgIpc) is 2.68. The molecule has 0 bridgehead atoms. The Morgan fingerprint density at radius 1 is 1.20 bits per heavy atom. The molecule has 1 unspecified atom stereocenters. The number of carbonyl (C=O) groups is 1. The molecule has 4 nitrogen and oxygen atoms in total. The van der Waals surface area contributed by atoms with Crippen LogP contribution in [-0.2, 0) is 15.1 Å². The van der Waals surface area contributed by atoms with Gasteiger partial charge in [-0.2, -0.15) is 0 Å². The minimum absolute atomic E-state index is 0.124. The lowest BCUT2D eigenvalue weighted by molar-refractivity contribution is -0.168. The van der Waals surface area contributed by atoms with E-state index in [-0.39, 0.29) is 5.92 Å². The maximum atomic E-state index is 12.8. The Morgan fingerprint density at radius 2 is 1.84 bits per heavy atom. The number of rotatable bonds is 6. The fourth-order valence-corrected chi connectivity index (χ4v) is 3.48. The van der Waals surface area contributed by atoms with Crippen LogP contribution < -0.4 is 0 Å². The minimum atomic E-state index is -1.62. The van der Waals surface area contributed by atoms with Crippen LogP contribution in [0.5, 0.6) is 0 Å². The summed E-state index contributed by atoms with van der Waals surface area (Å²) < 4.78 is 5.18. The first-order chi connectivity index (χ1) is 12.1. The molecule has 1 aromatic rings. The molecule has 1 aliphatic carbocycles. The summed E-state index contributed by atoms with van der Waals surface area (Å²) >= 11 is 0. The normalized spacial score (nSPS) is 17.4. The predicted molar refractivity (Wildman–Crippen MR) is 98.6 cm³/mol. The second-order valence-corrected chi connectivity index (χ2v) is 6.60. The van der Waals surface area contributed by atoms with Gasteiger partial charge in [0.1, 0.15) is 6.11 Å². The molecular formula is C21H29NO3. The van der Waals surface area contributed by atoms with Crippen molar-refractivity contribution in [1.29, 1.82) is 0 Å². The summed E-state index contributed by atoms with van der Waals surface area (Å²) in [6, 6.07) is 9.13. The second-order valence-electron chi connectivity index (χ2n) is 6.60. The molecule has 0 amide bonds. The number of aliphatic hydroxyl groups is 1. The van der Waals surface area contributed by atoms with Crippen LogP contribution in [0.4, 0.5) is 0 Å². The van der Waals surface area contributed by atoms with Crippen LogP contribution in [0.15, 0.2) is 30.3 Å². The van der Waals surface area contributed by atoms with Crippen molar-refractivity contribution < 1.29 is 14.6 Å². The number of hydrogen-bond donors (Lipinski definition) is 1. The van der Waals surface area contributed by atoms with Gasteiger partial charge < -0.3 is 9.84 Å². The highest BCUT2D eigenvalue weighted by Crippen LogP contribution is 2.40. The summed E-state index contributed by atoms with van der Waals surface area (Å²) in [5.74, 6) is 2.09. The minimum Gasteiger partial charge on any atom is -0.374 e. The second kappa shape index (κ2) is 9.60. The first kappa shape index (κ1) is 19.5. The molecule has 0 aromatic heterocycles. The van der Waals surface area contributed by atoms with Gasteiger partial charge in [0, 0.05) is 5.92 Å². The third-order valence-electron chi connectivity index (χ3n) is 5.13. The molecule has 4 heteroatoms. The lowest BCUT2D eigenvalue weighted by Crippen LogP contribution is -2.44. The Labute approximate surface area is 151 Å². The number of nitrogens with zero attached hydrogens (tertiary/aromatic N) is 1. The van der Waals surface area contributed by atoms with Gasteiger partial charge in [-0.3, -0.25) is 4.90 Å². The highest BCUT2D eigenvalue weighted by Gasteiger charge is 2.47. The molecule has 1 aromatic carbocycles. The van der Waals surface area contributed by atoms with E-state index in [1.54, 1.807) is 12.1 Å². The number of carbonyl (C=O) groups excluding carboxylic acids is 1. The van der Waals surface area contributed by atoms with Gasteiger partial charge in [-0.05, 0) is 37.4 Å².